The zero-order valence-electron chi connectivity index (χ0n) is 11.9. The van der Waals surface area contributed by atoms with Crippen LogP contribution in [-0.4, -0.2) is 29.7 Å². The molecule has 2 aromatic rings. The minimum atomic E-state index is -1.16. The van der Waals surface area contributed by atoms with Gasteiger partial charge in [-0.3, -0.25) is 9.59 Å². The summed E-state index contributed by atoms with van der Waals surface area (Å²) in [6.07, 6.45) is 0. The Labute approximate surface area is 139 Å². The number of carboxylic acid groups (broad SMARTS) is 1. The molecule has 0 bridgehead atoms. The fraction of sp³-hybridized carbons (Fsp3) is 0.0625. The van der Waals surface area contributed by atoms with E-state index < -0.39 is 17.5 Å². The zero-order valence-corrected chi connectivity index (χ0v) is 13.5. The summed E-state index contributed by atoms with van der Waals surface area (Å²) in [5, 5.41) is 11.9. The molecule has 7 heteroatoms. The van der Waals surface area contributed by atoms with E-state index in [-0.39, 0.29) is 33.5 Å². The lowest BCUT2D eigenvalue weighted by Gasteiger charge is -2.22. The lowest BCUT2D eigenvalue weighted by atomic mass is 9.81. The van der Waals surface area contributed by atoms with Crippen LogP contribution >= 0.6 is 15.9 Å². The van der Waals surface area contributed by atoms with E-state index in [2.05, 4.69) is 21.2 Å². The Bertz CT molecular complexity index is 905. The van der Waals surface area contributed by atoms with Gasteiger partial charge in [0.05, 0.1) is 22.4 Å². The van der Waals surface area contributed by atoms with E-state index in [4.69, 9.17) is 10.8 Å². The van der Waals surface area contributed by atoms with Crippen LogP contribution in [0.15, 0.2) is 28.7 Å². The van der Waals surface area contributed by atoms with Crippen molar-refractivity contribution in [2.24, 2.45) is 0 Å². The van der Waals surface area contributed by atoms with E-state index in [1.807, 2.05) is 0 Å². The molecule has 0 aliphatic heterocycles. The number of carboxylic acids is 1. The molecule has 1 aliphatic carbocycles. The van der Waals surface area contributed by atoms with E-state index in [1.165, 1.54) is 18.2 Å². The molecule has 0 spiro atoms. The molecular formula is C16H11BrN2O4. The largest absolute Gasteiger partial charge is 0.478 e. The number of halogens is 1. The molecule has 0 fully saturated rings. The number of hydrogen-bond acceptors (Lipinski definition) is 5. The van der Waals surface area contributed by atoms with Crippen LogP contribution in [0.5, 0.6) is 0 Å². The fourth-order valence-electron chi connectivity index (χ4n) is 2.67. The molecule has 23 heavy (non-hydrogen) atoms. The van der Waals surface area contributed by atoms with Gasteiger partial charge in [0, 0.05) is 28.3 Å². The van der Waals surface area contributed by atoms with Gasteiger partial charge in [-0.25, -0.2) is 4.79 Å². The van der Waals surface area contributed by atoms with Gasteiger partial charge in [-0.2, -0.15) is 0 Å². The molecule has 0 saturated carbocycles. The van der Waals surface area contributed by atoms with Crippen LogP contribution in [0.25, 0.3) is 0 Å². The van der Waals surface area contributed by atoms with E-state index in [9.17, 15) is 14.4 Å². The van der Waals surface area contributed by atoms with Gasteiger partial charge in [0.15, 0.2) is 11.6 Å². The molecule has 0 atom stereocenters. The highest BCUT2D eigenvalue weighted by Gasteiger charge is 2.34. The Kier molecular flexibility index (Phi) is 3.45. The molecule has 1 aliphatic rings. The highest BCUT2D eigenvalue weighted by atomic mass is 79.9. The van der Waals surface area contributed by atoms with Gasteiger partial charge < -0.3 is 16.2 Å². The topological polar surface area (TPSA) is 109 Å². The van der Waals surface area contributed by atoms with Crippen molar-refractivity contribution >= 4 is 44.8 Å². The number of fused-ring (bicyclic) bond motifs is 2. The third kappa shape index (κ3) is 2.12. The highest BCUT2D eigenvalue weighted by molar-refractivity contribution is 9.10. The van der Waals surface area contributed by atoms with E-state index in [1.54, 1.807) is 13.1 Å². The number of benzene rings is 2. The molecule has 0 unspecified atom stereocenters. The van der Waals surface area contributed by atoms with E-state index in [0.29, 0.717) is 10.2 Å². The maximum atomic E-state index is 12.8. The molecule has 0 heterocycles. The summed E-state index contributed by atoms with van der Waals surface area (Å²) < 4.78 is 0.507. The number of rotatable bonds is 2. The molecular weight excluding hydrogens is 364 g/mol. The molecule has 116 valence electrons. The molecule has 6 nitrogen and oxygen atoms in total. The van der Waals surface area contributed by atoms with Gasteiger partial charge in [0.2, 0.25) is 0 Å². The van der Waals surface area contributed by atoms with Gasteiger partial charge >= 0.3 is 5.97 Å². The van der Waals surface area contributed by atoms with E-state index >= 15 is 0 Å². The molecule has 0 saturated heterocycles. The zero-order chi connectivity index (χ0) is 16.9. The van der Waals surface area contributed by atoms with Crippen molar-refractivity contribution in [3.8, 4) is 0 Å². The first-order valence-electron chi connectivity index (χ1n) is 6.63. The average Bonchev–Trinajstić information content (AvgIpc) is 2.54. The first-order valence-corrected chi connectivity index (χ1v) is 7.42. The second-order valence-corrected chi connectivity index (χ2v) is 5.90. The Morgan fingerprint density at radius 3 is 2.39 bits per heavy atom. The minimum absolute atomic E-state index is 0.0514. The summed E-state index contributed by atoms with van der Waals surface area (Å²) in [5.74, 6) is -1.99. The summed E-state index contributed by atoms with van der Waals surface area (Å²) in [7, 11) is 1.62. The Hall–Kier alpha value is -2.67. The van der Waals surface area contributed by atoms with Crippen LogP contribution in [0, 0.1) is 0 Å². The van der Waals surface area contributed by atoms with Crippen molar-refractivity contribution < 1.29 is 19.5 Å². The first kappa shape index (κ1) is 15.2. The van der Waals surface area contributed by atoms with Crippen molar-refractivity contribution in [2.45, 2.75) is 0 Å². The maximum absolute atomic E-state index is 12.8. The maximum Gasteiger partial charge on any atom is 0.335 e. The second kappa shape index (κ2) is 5.20. The number of anilines is 2. The number of carbonyl (C=O) groups excluding carboxylic acids is 2. The number of carbonyl (C=O) groups is 3. The smallest absolute Gasteiger partial charge is 0.335 e. The molecule has 0 aromatic heterocycles. The lowest BCUT2D eigenvalue weighted by Crippen LogP contribution is -2.24. The summed E-state index contributed by atoms with van der Waals surface area (Å²) in [6, 6.07) is 5.48. The summed E-state index contributed by atoms with van der Waals surface area (Å²) in [5.41, 5.74) is 7.07. The number of ketones is 2. The fourth-order valence-corrected chi connectivity index (χ4v) is 3.09. The van der Waals surface area contributed by atoms with Crippen LogP contribution in [0.2, 0.25) is 0 Å². The van der Waals surface area contributed by atoms with E-state index in [0.717, 1.165) is 0 Å². The van der Waals surface area contributed by atoms with Crippen LogP contribution in [0.3, 0.4) is 0 Å². The van der Waals surface area contributed by atoms with Crippen molar-refractivity contribution in [3.05, 3.63) is 56.6 Å². The second-order valence-electron chi connectivity index (χ2n) is 5.04. The summed E-state index contributed by atoms with van der Waals surface area (Å²) in [4.78, 5) is 36.7. The third-order valence-corrected chi connectivity index (χ3v) is 4.45. The van der Waals surface area contributed by atoms with Crippen molar-refractivity contribution in [1.29, 1.82) is 0 Å². The highest BCUT2D eigenvalue weighted by Crippen LogP contribution is 2.39. The first-order chi connectivity index (χ1) is 10.9. The Morgan fingerprint density at radius 2 is 1.78 bits per heavy atom. The Morgan fingerprint density at radius 1 is 1.13 bits per heavy atom. The monoisotopic (exact) mass is 374 g/mol. The normalized spacial score (nSPS) is 12.6. The SMILES string of the molecule is CNc1cc(Br)c(N)c2c1C(=O)c1cc(C(=O)O)ccc1C2=O. The molecule has 4 N–H and O–H groups in total. The Balaban J connectivity index is 2.35. The number of nitrogen functional groups attached to an aromatic ring is 1. The minimum Gasteiger partial charge on any atom is -0.478 e. The van der Waals surface area contributed by atoms with Gasteiger partial charge in [-0.15, -0.1) is 0 Å². The van der Waals surface area contributed by atoms with Crippen molar-refractivity contribution in [3.63, 3.8) is 0 Å². The van der Waals surface area contributed by atoms with Crippen molar-refractivity contribution in [1.82, 2.24) is 0 Å². The van der Waals surface area contributed by atoms with Gasteiger partial charge in [0.1, 0.15) is 0 Å². The van der Waals surface area contributed by atoms with Crippen molar-refractivity contribution in [2.75, 3.05) is 18.1 Å². The van der Waals surface area contributed by atoms with Gasteiger partial charge in [-0.1, -0.05) is 0 Å². The standard InChI is InChI=1S/C16H11BrN2O4/c1-19-10-5-9(17)13(18)12-11(10)15(21)8-4-6(16(22)23)2-3-7(8)14(12)20/h2-5,19H,18H2,1H3,(H,22,23). The third-order valence-electron chi connectivity index (χ3n) is 3.80. The summed E-state index contributed by atoms with van der Waals surface area (Å²) >= 11 is 3.28. The van der Waals surface area contributed by atoms with Crippen LogP contribution in [-0.2, 0) is 0 Å². The van der Waals surface area contributed by atoms with Crippen LogP contribution in [0.4, 0.5) is 11.4 Å². The van der Waals surface area contributed by atoms with Crippen LogP contribution < -0.4 is 11.1 Å². The number of nitrogens with two attached hydrogens (primary N) is 1. The summed E-state index contributed by atoms with van der Waals surface area (Å²) in [6.45, 7) is 0. The van der Waals surface area contributed by atoms with Gasteiger partial charge in [-0.05, 0) is 40.2 Å². The molecule has 3 rings (SSSR count). The lowest BCUT2D eigenvalue weighted by molar-refractivity contribution is 0.0696. The molecule has 0 radical (unpaired) electrons. The van der Waals surface area contributed by atoms with Crippen LogP contribution in [0.1, 0.15) is 42.2 Å². The number of nitrogens with one attached hydrogen (secondary N) is 1. The quantitative estimate of drug-likeness (QED) is 0.594. The number of aromatic carboxylic acids is 1. The predicted octanol–water partition coefficient (Wildman–Crippen LogP) is 2.55. The molecule has 0 amide bonds. The average molecular weight is 375 g/mol. The number of hydrogen-bond donors (Lipinski definition) is 3. The van der Waals surface area contributed by atoms with Gasteiger partial charge in [0.25, 0.3) is 0 Å². The molecule has 2 aromatic carbocycles. The predicted molar refractivity (Wildman–Crippen MR) is 88.4 cm³/mol.